The van der Waals surface area contributed by atoms with E-state index in [1.165, 1.54) is 6.92 Å². The van der Waals surface area contributed by atoms with Gasteiger partial charge in [0.15, 0.2) is 0 Å². The lowest BCUT2D eigenvalue weighted by atomic mass is 10.2. The van der Waals surface area contributed by atoms with Gasteiger partial charge < -0.3 is 4.90 Å². The Kier molecular flexibility index (Phi) is 3.26. The van der Waals surface area contributed by atoms with Gasteiger partial charge in [0, 0.05) is 6.92 Å². The Labute approximate surface area is 78.5 Å². The monoisotopic (exact) mass is 175 g/mol. The molecular weight excluding hydrogens is 162 g/mol. The summed E-state index contributed by atoms with van der Waals surface area (Å²) in [4.78, 5) is 12.6. The first-order valence-corrected chi connectivity index (χ1v) is 4.17. The molecule has 1 aromatic carbocycles. The van der Waals surface area contributed by atoms with Gasteiger partial charge in [-0.15, -0.1) is 0 Å². The number of carbonyl (C=O) groups excluding carboxylic acids is 1. The second kappa shape index (κ2) is 4.45. The lowest BCUT2D eigenvalue weighted by molar-refractivity contribution is -0.126. The minimum Gasteiger partial charge on any atom is -0.316 e. The molecule has 0 radical (unpaired) electrons. The second-order valence-electron chi connectivity index (χ2n) is 2.82. The number of benzene rings is 1. The van der Waals surface area contributed by atoms with E-state index in [0.717, 1.165) is 5.56 Å². The van der Waals surface area contributed by atoms with Crippen LogP contribution in [0.15, 0.2) is 43.1 Å². The number of hydrogen-bond acceptors (Lipinski definition) is 1. The van der Waals surface area contributed by atoms with E-state index >= 15 is 0 Å². The zero-order valence-electron chi connectivity index (χ0n) is 7.73. The van der Waals surface area contributed by atoms with Crippen molar-refractivity contribution in [2.45, 2.75) is 13.5 Å². The molecule has 0 bridgehead atoms. The maximum atomic E-state index is 11.0. The number of rotatable bonds is 3. The molecule has 68 valence electrons. The molecular formula is C11H13NO. The van der Waals surface area contributed by atoms with Gasteiger partial charge in [0.2, 0.25) is 5.91 Å². The van der Waals surface area contributed by atoms with Crippen molar-refractivity contribution in [3.63, 3.8) is 0 Å². The zero-order valence-corrected chi connectivity index (χ0v) is 7.73. The summed E-state index contributed by atoms with van der Waals surface area (Å²) in [5.74, 6) is 0.0128. The van der Waals surface area contributed by atoms with Crippen LogP contribution in [0.1, 0.15) is 12.5 Å². The third-order valence-corrected chi connectivity index (χ3v) is 1.82. The second-order valence-corrected chi connectivity index (χ2v) is 2.82. The van der Waals surface area contributed by atoms with Crippen LogP contribution in [0.25, 0.3) is 0 Å². The minimum absolute atomic E-state index is 0.0128. The lowest BCUT2D eigenvalue weighted by Gasteiger charge is -2.15. The Morgan fingerprint density at radius 2 is 2.08 bits per heavy atom. The van der Waals surface area contributed by atoms with Gasteiger partial charge >= 0.3 is 0 Å². The first-order valence-electron chi connectivity index (χ1n) is 4.17. The third kappa shape index (κ3) is 2.75. The smallest absolute Gasteiger partial charge is 0.223 e. The summed E-state index contributed by atoms with van der Waals surface area (Å²) in [6.45, 7) is 5.71. The van der Waals surface area contributed by atoms with Crippen LogP contribution in [0.4, 0.5) is 0 Å². The van der Waals surface area contributed by atoms with E-state index in [1.54, 1.807) is 11.1 Å². The first kappa shape index (κ1) is 9.52. The van der Waals surface area contributed by atoms with Gasteiger partial charge in [-0.1, -0.05) is 36.9 Å². The molecule has 0 saturated carbocycles. The van der Waals surface area contributed by atoms with Crippen LogP contribution in [0, 0.1) is 0 Å². The third-order valence-electron chi connectivity index (χ3n) is 1.82. The molecule has 0 aliphatic heterocycles. The maximum absolute atomic E-state index is 11.0. The largest absolute Gasteiger partial charge is 0.316 e. The highest BCUT2D eigenvalue weighted by Crippen LogP contribution is 2.04. The highest BCUT2D eigenvalue weighted by Gasteiger charge is 2.03. The van der Waals surface area contributed by atoms with Crippen molar-refractivity contribution in [1.82, 2.24) is 4.90 Å². The van der Waals surface area contributed by atoms with E-state index in [9.17, 15) is 4.79 Å². The number of hydrogen-bond donors (Lipinski definition) is 0. The van der Waals surface area contributed by atoms with E-state index in [-0.39, 0.29) is 5.91 Å². The fourth-order valence-electron chi connectivity index (χ4n) is 1.08. The van der Waals surface area contributed by atoms with Crippen molar-refractivity contribution < 1.29 is 4.79 Å². The van der Waals surface area contributed by atoms with Gasteiger partial charge in [0.25, 0.3) is 0 Å². The lowest BCUT2D eigenvalue weighted by Crippen LogP contribution is -2.21. The normalized spacial score (nSPS) is 9.31. The Morgan fingerprint density at radius 3 is 2.54 bits per heavy atom. The average Bonchev–Trinajstić information content (AvgIpc) is 2.15. The van der Waals surface area contributed by atoms with Gasteiger partial charge in [-0.25, -0.2) is 0 Å². The molecule has 1 amide bonds. The number of amides is 1. The van der Waals surface area contributed by atoms with Crippen LogP contribution in [-0.4, -0.2) is 10.8 Å². The molecule has 0 spiro atoms. The number of carbonyl (C=O) groups is 1. The van der Waals surface area contributed by atoms with E-state index in [1.807, 2.05) is 30.3 Å². The molecule has 0 unspecified atom stereocenters. The highest BCUT2D eigenvalue weighted by molar-refractivity contribution is 5.74. The predicted molar refractivity (Wildman–Crippen MR) is 52.9 cm³/mol. The summed E-state index contributed by atoms with van der Waals surface area (Å²) in [6, 6.07) is 9.84. The van der Waals surface area contributed by atoms with Crippen molar-refractivity contribution in [3.05, 3.63) is 48.7 Å². The van der Waals surface area contributed by atoms with Gasteiger partial charge in [0.05, 0.1) is 6.54 Å². The van der Waals surface area contributed by atoms with E-state index in [4.69, 9.17) is 0 Å². The van der Waals surface area contributed by atoms with Crippen molar-refractivity contribution >= 4 is 5.91 Å². The first-order chi connectivity index (χ1) is 6.24. The fraction of sp³-hybridized carbons (Fsp3) is 0.182. The Bertz CT molecular complexity index is 292. The summed E-state index contributed by atoms with van der Waals surface area (Å²) in [5, 5.41) is 0. The molecule has 0 fully saturated rings. The minimum atomic E-state index is 0.0128. The Morgan fingerprint density at radius 1 is 1.46 bits per heavy atom. The molecule has 0 N–H and O–H groups in total. The molecule has 0 heterocycles. The van der Waals surface area contributed by atoms with Crippen molar-refractivity contribution in [3.8, 4) is 0 Å². The van der Waals surface area contributed by atoms with Crippen molar-refractivity contribution in [1.29, 1.82) is 0 Å². The molecule has 13 heavy (non-hydrogen) atoms. The quantitative estimate of drug-likeness (QED) is 0.689. The molecule has 2 heteroatoms. The summed E-state index contributed by atoms with van der Waals surface area (Å²) < 4.78 is 0. The molecule has 2 nitrogen and oxygen atoms in total. The van der Waals surface area contributed by atoms with Crippen LogP contribution in [0.5, 0.6) is 0 Å². The zero-order chi connectivity index (χ0) is 9.68. The van der Waals surface area contributed by atoms with E-state index < -0.39 is 0 Å². The summed E-state index contributed by atoms with van der Waals surface area (Å²) in [6.07, 6.45) is 1.55. The van der Waals surface area contributed by atoms with E-state index in [0.29, 0.717) is 6.54 Å². The molecule has 1 rings (SSSR count). The van der Waals surface area contributed by atoms with Crippen LogP contribution < -0.4 is 0 Å². The maximum Gasteiger partial charge on any atom is 0.223 e. The number of nitrogens with zero attached hydrogens (tertiary/aromatic N) is 1. The molecule has 0 saturated heterocycles. The molecule has 1 aromatic rings. The summed E-state index contributed by atoms with van der Waals surface area (Å²) in [5.41, 5.74) is 1.11. The van der Waals surface area contributed by atoms with Gasteiger partial charge in [-0.05, 0) is 11.8 Å². The van der Waals surface area contributed by atoms with Gasteiger partial charge in [0.1, 0.15) is 0 Å². The molecule has 0 aromatic heterocycles. The van der Waals surface area contributed by atoms with Crippen LogP contribution in [0.2, 0.25) is 0 Å². The molecule has 0 aliphatic rings. The highest BCUT2D eigenvalue weighted by atomic mass is 16.2. The van der Waals surface area contributed by atoms with Gasteiger partial charge in [-0.2, -0.15) is 0 Å². The SMILES string of the molecule is C=CN(Cc1ccccc1)C(C)=O. The Hall–Kier alpha value is -1.57. The fourth-order valence-corrected chi connectivity index (χ4v) is 1.08. The molecule has 0 aliphatic carbocycles. The van der Waals surface area contributed by atoms with E-state index in [2.05, 4.69) is 6.58 Å². The van der Waals surface area contributed by atoms with Crippen LogP contribution >= 0.6 is 0 Å². The standard InChI is InChI=1S/C11H13NO/c1-3-12(10(2)13)9-11-7-5-4-6-8-11/h3-8H,1,9H2,2H3. The van der Waals surface area contributed by atoms with Crippen LogP contribution in [0.3, 0.4) is 0 Å². The topological polar surface area (TPSA) is 20.3 Å². The Balaban J connectivity index is 2.67. The summed E-state index contributed by atoms with van der Waals surface area (Å²) >= 11 is 0. The predicted octanol–water partition coefficient (Wildman–Crippen LogP) is 2.18. The van der Waals surface area contributed by atoms with Crippen LogP contribution in [-0.2, 0) is 11.3 Å². The van der Waals surface area contributed by atoms with Crippen molar-refractivity contribution in [2.24, 2.45) is 0 Å². The van der Waals surface area contributed by atoms with Crippen molar-refractivity contribution in [2.75, 3.05) is 0 Å². The average molecular weight is 175 g/mol. The summed E-state index contributed by atoms with van der Waals surface area (Å²) in [7, 11) is 0. The van der Waals surface area contributed by atoms with Gasteiger partial charge in [-0.3, -0.25) is 4.79 Å². The molecule has 0 atom stereocenters.